The summed E-state index contributed by atoms with van der Waals surface area (Å²) < 4.78 is 18.2. The molecule has 0 fully saturated rings. The van der Waals surface area contributed by atoms with E-state index in [1.54, 1.807) is 0 Å². The van der Waals surface area contributed by atoms with Crippen molar-refractivity contribution in [2.24, 2.45) is 11.7 Å². The standard InChI is InChI=1S/C13H15ClFN3O/c1-7(2)10(6-16)13-17-12(18-19-13)9-4-3-8(15)5-11(9)14/h3-5,7,10H,6,16H2,1-2H3. The summed E-state index contributed by atoms with van der Waals surface area (Å²) in [5.41, 5.74) is 6.24. The van der Waals surface area contributed by atoms with Gasteiger partial charge in [0.25, 0.3) is 0 Å². The first-order valence-corrected chi connectivity index (χ1v) is 6.39. The van der Waals surface area contributed by atoms with Gasteiger partial charge in [0, 0.05) is 12.1 Å². The zero-order valence-electron chi connectivity index (χ0n) is 10.7. The van der Waals surface area contributed by atoms with Crippen LogP contribution < -0.4 is 5.73 Å². The fourth-order valence-electron chi connectivity index (χ4n) is 1.82. The lowest BCUT2D eigenvalue weighted by atomic mass is 9.96. The topological polar surface area (TPSA) is 64.9 Å². The number of aromatic nitrogens is 2. The predicted octanol–water partition coefficient (Wildman–Crippen LogP) is 3.23. The van der Waals surface area contributed by atoms with E-state index >= 15 is 0 Å². The van der Waals surface area contributed by atoms with Crippen molar-refractivity contribution in [3.63, 3.8) is 0 Å². The zero-order valence-corrected chi connectivity index (χ0v) is 11.5. The third-order valence-electron chi connectivity index (χ3n) is 2.99. The van der Waals surface area contributed by atoms with Crippen molar-refractivity contribution in [1.82, 2.24) is 10.1 Å². The molecule has 2 N–H and O–H groups in total. The third kappa shape index (κ3) is 2.93. The molecule has 0 radical (unpaired) electrons. The quantitative estimate of drug-likeness (QED) is 0.935. The van der Waals surface area contributed by atoms with E-state index < -0.39 is 5.82 Å². The van der Waals surface area contributed by atoms with Gasteiger partial charge in [-0.25, -0.2) is 4.39 Å². The molecule has 1 aromatic heterocycles. The van der Waals surface area contributed by atoms with Crippen molar-refractivity contribution in [3.8, 4) is 11.4 Å². The van der Waals surface area contributed by atoms with Gasteiger partial charge in [0.2, 0.25) is 11.7 Å². The highest BCUT2D eigenvalue weighted by Gasteiger charge is 2.22. The Bertz CT molecular complexity index is 571. The van der Waals surface area contributed by atoms with Crippen LogP contribution in [0.3, 0.4) is 0 Å². The first-order valence-electron chi connectivity index (χ1n) is 6.02. The highest BCUT2D eigenvalue weighted by molar-refractivity contribution is 6.33. The highest BCUT2D eigenvalue weighted by Crippen LogP contribution is 2.29. The van der Waals surface area contributed by atoms with E-state index in [1.165, 1.54) is 18.2 Å². The Morgan fingerprint density at radius 1 is 1.42 bits per heavy atom. The van der Waals surface area contributed by atoms with Gasteiger partial charge in [0.15, 0.2) is 0 Å². The molecule has 0 spiro atoms. The van der Waals surface area contributed by atoms with Crippen LogP contribution in [0.5, 0.6) is 0 Å². The van der Waals surface area contributed by atoms with Crippen molar-refractivity contribution < 1.29 is 8.91 Å². The molecule has 0 saturated carbocycles. The number of nitrogens with zero attached hydrogens (tertiary/aromatic N) is 2. The Balaban J connectivity index is 2.35. The lowest BCUT2D eigenvalue weighted by molar-refractivity contribution is 0.324. The largest absolute Gasteiger partial charge is 0.339 e. The Morgan fingerprint density at radius 2 is 2.16 bits per heavy atom. The lowest BCUT2D eigenvalue weighted by Gasteiger charge is -2.13. The van der Waals surface area contributed by atoms with Crippen LogP contribution in [0.15, 0.2) is 22.7 Å². The van der Waals surface area contributed by atoms with Crippen molar-refractivity contribution in [1.29, 1.82) is 0 Å². The molecule has 0 aliphatic carbocycles. The van der Waals surface area contributed by atoms with E-state index in [0.717, 1.165) is 0 Å². The minimum Gasteiger partial charge on any atom is -0.339 e. The van der Waals surface area contributed by atoms with Crippen LogP contribution in [0.1, 0.15) is 25.7 Å². The second-order valence-corrected chi connectivity index (χ2v) is 5.07. The summed E-state index contributed by atoms with van der Waals surface area (Å²) in [6.45, 7) is 4.50. The lowest BCUT2D eigenvalue weighted by Crippen LogP contribution is -2.18. The van der Waals surface area contributed by atoms with Gasteiger partial charge in [-0.15, -0.1) is 0 Å². The average molecular weight is 284 g/mol. The summed E-state index contributed by atoms with van der Waals surface area (Å²) in [6, 6.07) is 4.05. The van der Waals surface area contributed by atoms with Gasteiger partial charge in [-0.05, 0) is 24.1 Å². The van der Waals surface area contributed by atoms with Gasteiger partial charge >= 0.3 is 0 Å². The summed E-state index contributed by atoms with van der Waals surface area (Å²) in [4.78, 5) is 4.30. The summed E-state index contributed by atoms with van der Waals surface area (Å²) in [5.74, 6) is 0.717. The normalized spacial score (nSPS) is 12.9. The molecule has 1 unspecified atom stereocenters. The fourth-order valence-corrected chi connectivity index (χ4v) is 2.08. The number of hydrogen-bond acceptors (Lipinski definition) is 4. The molecular formula is C13H15ClFN3O. The smallest absolute Gasteiger partial charge is 0.231 e. The zero-order chi connectivity index (χ0) is 14.0. The number of nitrogens with two attached hydrogens (primary N) is 1. The molecule has 102 valence electrons. The van der Waals surface area contributed by atoms with Crippen molar-refractivity contribution >= 4 is 11.6 Å². The molecule has 0 amide bonds. The van der Waals surface area contributed by atoms with Gasteiger partial charge in [-0.3, -0.25) is 0 Å². The monoisotopic (exact) mass is 283 g/mol. The summed E-state index contributed by atoms with van der Waals surface area (Å²) in [5, 5.41) is 4.13. The first kappa shape index (κ1) is 14.0. The molecule has 0 aliphatic rings. The Hall–Kier alpha value is -1.46. The van der Waals surface area contributed by atoms with Crippen LogP contribution in [0.2, 0.25) is 5.02 Å². The van der Waals surface area contributed by atoms with Crippen molar-refractivity contribution in [2.45, 2.75) is 19.8 Å². The molecule has 4 nitrogen and oxygen atoms in total. The van der Waals surface area contributed by atoms with Gasteiger partial charge < -0.3 is 10.3 Å². The Morgan fingerprint density at radius 3 is 2.74 bits per heavy atom. The van der Waals surface area contributed by atoms with E-state index in [0.29, 0.717) is 29.7 Å². The SMILES string of the molecule is CC(C)C(CN)c1nc(-c2ccc(F)cc2Cl)no1. The van der Waals surface area contributed by atoms with Crippen LogP contribution in [0.4, 0.5) is 4.39 Å². The van der Waals surface area contributed by atoms with E-state index in [4.69, 9.17) is 21.9 Å². The van der Waals surface area contributed by atoms with Crippen LogP contribution >= 0.6 is 11.6 Å². The van der Waals surface area contributed by atoms with Crippen LogP contribution in [0.25, 0.3) is 11.4 Å². The van der Waals surface area contributed by atoms with Crippen LogP contribution in [-0.4, -0.2) is 16.7 Å². The molecule has 1 heterocycles. The second kappa shape index (κ2) is 5.67. The molecule has 2 rings (SSSR count). The third-order valence-corrected chi connectivity index (χ3v) is 3.30. The maximum Gasteiger partial charge on any atom is 0.231 e. The number of rotatable bonds is 4. The minimum atomic E-state index is -0.403. The molecule has 6 heteroatoms. The maximum absolute atomic E-state index is 13.0. The molecule has 1 atom stereocenters. The predicted molar refractivity (Wildman–Crippen MR) is 71.3 cm³/mol. The number of benzene rings is 1. The summed E-state index contributed by atoms with van der Waals surface area (Å²) in [6.07, 6.45) is 0. The number of halogens is 2. The number of hydrogen-bond donors (Lipinski definition) is 1. The van der Waals surface area contributed by atoms with Gasteiger partial charge in [-0.1, -0.05) is 30.6 Å². The minimum absolute atomic E-state index is 0.000439. The van der Waals surface area contributed by atoms with Gasteiger partial charge in [0.1, 0.15) is 5.82 Å². The molecule has 0 saturated heterocycles. The molecule has 0 aliphatic heterocycles. The molecule has 2 aromatic rings. The Kier molecular flexibility index (Phi) is 4.17. The summed E-state index contributed by atoms with van der Waals surface area (Å²) in [7, 11) is 0. The van der Waals surface area contributed by atoms with Crippen LogP contribution in [0, 0.1) is 11.7 Å². The molecule has 0 bridgehead atoms. The van der Waals surface area contributed by atoms with Crippen molar-refractivity contribution in [2.75, 3.05) is 6.54 Å². The highest BCUT2D eigenvalue weighted by atomic mass is 35.5. The second-order valence-electron chi connectivity index (χ2n) is 4.67. The van der Waals surface area contributed by atoms with Crippen LogP contribution in [-0.2, 0) is 0 Å². The van der Waals surface area contributed by atoms with E-state index in [-0.39, 0.29) is 10.9 Å². The van der Waals surface area contributed by atoms with Gasteiger partial charge in [-0.2, -0.15) is 4.98 Å². The van der Waals surface area contributed by atoms with E-state index in [9.17, 15) is 4.39 Å². The van der Waals surface area contributed by atoms with Gasteiger partial charge in [0.05, 0.1) is 10.9 Å². The van der Waals surface area contributed by atoms with E-state index in [2.05, 4.69) is 10.1 Å². The first-order chi connectivity index (χ1) is 9.02. The Labute approximate surface area is 115 Å². The van der Waals surface area contributed by atoms with Crippen molar-refractivity contribution in [3.05, 3.63) is 34.9 Å². The molecule has 19 heavy (non-hydrogen) atoms. The van der Waals surface area contributed by atoms with E-state index in [1.807, 2.05) is 13.8 Å². The average Bonchev–Trinajstić information content (AvgIpc) is 2.78. The fraction of sp³-hybridized carbons (Fsp3) is 0.385. The summed E-state index contributed by atoms with van der Waals surface area (Å²) >= 11 is 5.96. The molecule has 1 aromatic carbocycles. The maximum atomic E-state index is 13.0. The molecular weight excluding hydrogens is 269 g/mol.